The minimum absolute atomic E-state index is 0.0391. The Bertz CT molecular complexity index is 717. The number of nitrogens with one attached hydrogen (secondary N) is 1. The summed E-state index contributed by atoms with van der Waals surface area (Å²) in [5.41, 5.74) is -0.0841. The van der Waals surface area contributed by atoms with Crippen LogP contribution < -0.4 is 10.1 Å². The van der Waals surface area contributed by atoms with Crippen molar-refractivity contribution in [3.8, 4) is 5.75 Å². The number of piperidine rings is 1. The maximum absolute atomic E-state index is 13.7. The van der Waals surface area contributed by atoms with Crippen LogP contribution in [0.2, 0.25) is 0 Å². The molecule has 0 aromatic heterocycles. The molecule has 1 N–H and O–H groups in total. The van der Waals surface area contributed by atoms with Gasteiger partial charge in [-0.15, -0.1) is 0 Å². The second-order valence-electron chi connectivity index (χ2n) is 5.90. The largest absolute Gasteiger partial charge is 0.491 e. The van der Waals surface area contributed by atoms with Gasteiger partial charge in [-0.05, 0) is 19.3 Å². The van der Waals surface area contributed by atoms with E-state index >= 15 is 0 Å². The number of carbonyl (C=O) groups excluding carboxylic acids is 1. The topological polar surface area (TPSA) is 75.7 Å². The first-order chi connectivity index (χ1) is 11.8. The standard InChI is InChI=1S/C16H22F2N2O4S/c1-3-8-25(22,23)20-7-5-4-6-14(20)16(21)19-11-9-12(17)15(24-2)13(18)10-11/h9-10,14H,3-8H2,1-2H3,(H,19,21). The Morgan fingerprint density at radius 1 is 1.32 bits per heavy atom. The second kappa shape index (κ2) is 8.09. The molecule has 0 saturated carbocycles. The van der Waals surface area contributed by atoms with Gasteiger partial charge >= 0.3 is 0 Å². The molecule has 25 heavy (non-hydrogen) atoms. The van der Waals surface area contributed by atoms with Crippen LogP contribution in [0.15, 0.2) is 12.1 Å². The molecule has 6 nitrogen and oxygen atoms in total. The lowest BCUT2D eigenvalue weighted by Gasteiger charge is -2.33. The Labute approximate surface area is 146 Å². The lowest BCUT2D eigenvalue weighted by atomic mass is 10.0. The van der Waals surface area contributed by atoms with Gasteiger partial charge in [0.2, 0.25) is 15.9 Å². The summed E-state index contributed by atoms with van der Waals surface area (Å²) < 4.78 is 58.0. The summed E-state index contributed by atoms with van der Waals surface area (Å²) in [7, 11) is -2.41. The van der Waals surface area contributed by atoms with Gasteiger partial charge in [-0.1, -0.05) is 13.3 Å². The van der Waals surface area contributed by atoms with Crippen LogP contribution in [0.25, 0.3) is 0 Å². The monoisotopic (exact) mass is 376 g/mol. The van der Waals surface area contributed by atoms with Gasteiger partial charge in [-0.25, -0.2) is 17.2 Å². The highest BCUT2D eigenvalue weighted by Gasteiger charge is 2.36. The smallest absolute Gasteiger partial charge is 0.242 e. The Hall–Kier alpha value is -1.74. The van der Waals surface area contributed by atoms with Crippen molar-refractivity contribution >= 4 is 21.6 Å². The molecule has 140 valence electrons. The number of hydrogen-bond acceptors (Lipinski definition) is 4. The van der Waals surface area contributed by atoms with Gasteiger partial charge in [0, 0.05) is 24.4 Å². The molecule has 1 atom stereocenters. The number of nitrogens with zero attached hydrogens (tertiary/aromatic N) is 1. The average molecular weight is 376 g/mol. The number of sulfonamides is 1. The van der Waals surface area contributed by atoms with Crippen LogP contribution in [0.1, 0.15) is 32.6 Å². The van der Waals surface area contributed by atoms with Crippen LogP contribution in [0.4, 0.5) is 14.5 Å². The summed E-state index contributed by atoms with van der Waals surface area (Å²) in [6, 6.07) is 1.000. The number of ether oxygens (including phenoxy) is 1. The molecule has 1 aliphatic rings. The van der Waals surface area contributed by atoms with E-state index in [1.807, 2.05) is 0 Å². The first kappa shape index (κ1) is 19.6. The van der Waals surface area contributed by atoms with E-state index < -0.39 is 39.4 Å². The summed E-state index contributed by atoms with van der Waals surface area (Å²) >= 11 is 0. The number of anilines is 1. The zero-order valence-electron chi connectivity index (χ0n) is 14.2. The number of benzene rings is 1. The molecule has 2 rings (SSSR count). The van der Waals surface area contributed by atoms with Crippen LogP contribution in [-0.2, 0) is 14.8 Å². The SMILES string of the molecule is CCCS(=O)(=O)N1CCCCC1C(=O)Nc1cc(F)c(OC)c(F)c1. The number of rotatable bonds is 6. The number of carbonyl (C=O) groups is 1. The van der Waals surface area contributed by atoms with Crippen molar-refractivity contribution in [2.75, 3.05) is 24.7 Å². The Kier molecular flexibility index (Phi) is 6.34. The van der Waals surface area contributed by atoms with Gasteiger partial charge in [0.05, 0.1) is 12.9 Å². The van der Waals surface area contributed by atoms with Crippen molar-refractivity contribution in [1.29, 1.82) is 0 Å². The van der Waals surface area contributed by atoms with E-state index in [4.69, 9.17) is 0 Å². The third-order valence-corrected chi connectivity index (χ3v) is 6.12. The maximum atomic E-state index is 13.7. The van der Waals surface area contributed by atoms with Crippen LogP contribution in [0, 0.1) is 11.6 Å². The first-order valence-electron chi connectivity index (χ1n) is 8.13. The van der Waals surface area contributed by atoms with E-state index in [2.05, 4.69) is 10.1 Å². The van der Waals surface area contributed by atoms with Crippen molar-refractivity contribution in [1.82, 2.24) is 4.31 Å². The maximum Gasteiger partial charge on any atom is 0.242 e. The second-order valence-corrected chi connectivity index (χ2v) is 7.94. The van der Waals surface area contributed by atoms with Crippen molar-refractivity contribution in [2.24, 2.45) is 0 Å². The zero-order chi connectivity index (χ0) is 18.6. The van der Waals surface area contributed by atoms with E-state index in [1.54, 1.807) is 6.92 Å². The number of amides is 1. The number of hydrogen-bond donors (Lipinski definition) is 1. The molecule has 1 unspecified atom stereocenters. The van der Waals surface area contributed by atoms with E-state index in [0.717, 1.165) is 19.2 Å². The van der Waals surface area contributed by atoms with Crippen LogP contribution >= 0.6 is 0 Å². The fraction of sp³-hybridized carbons (Fsp3) is 0.562. The molecule has 1 heterocycles. The highest BCUT2D eigenvalue weighted by atomic mass is 32.2. The lowest BCUT2D eigenvalue weighted by Crippen LogP contribution is -2.50. The van der Waals surface area contributed by atoms with Gasteiger partial charge in [0.1, 0.15) is 6.04 Å². The van der Waals surface area contributed by atoms with Gasteiger partial charge in [-0.2, -0.15) is 4.31 Å². The Balaban J connectivity index is 2.21. The van der Waals surface area contributed by atoms with Crippen molar-refractivity contribution in [2.45, 2.75) is 38.6 Å². The van der Waals surface area contributed by atoms with Crippen LogP contribution in [0.3, 0.4) is 0 Å². The minimum atomic E-state index is -3.54. The third kappa shape index (κ3) is 4.46. The zero-order valence-corrected chi connectivity index (χ0v) is 15.0. The summed E-state index contributed by atoms with van der Waals surface area (Å²) in [4.78, 5) is 12.5. The summed E-state index contributed by atoms with van der Waals surface area (Å²) in [5, 5.41) is 2.41. The normalized spacial score (nSPS) is 18.8. The number of methoxy groups -OCH3 is 1. The van der Waals surface area contributed by atoms with Crippen molar-refractivity contribution < 1.29 is 26.7 Å². The molecule has 0 aliphatic carbocycles. The molecule has 9 heteroatoms. The molecular weight excluding hydrogens is 354 g/mol. The fourth-order valence-corrected chi connectivity index (χ4v) is 4.67. The van der Waals surface area contributed by atoms with E-state index in [1.165, 1.54) is 4.31 Å². The average Bonchev–Trinajstić information content (AvgIpc) is 2.54. The predicted molar refractivity (Wildman–Crippen MR) is 90.0 cm³/mol. The van der Waals surface area contributed by atoms with E-state index in [-0.39, 0.29) is 18.0 Å². The molecule has 1 amide bonds. The van der Waals surface area contributed by atoms with Crippen LogP contribution in [-0.4, -0.2) is 44.1 Å². The summed E-state index contributed by atoms with van der Waals surface area (Å²) in [5.74, 6) is -3.07. The summed E-state index contributed by atoms with van der Waals surface area (Å²) in [6.45, 7) is 2.02. The van der Waals surface area contributed by atoms with Crippen LogP contribution in [0.5, 0.6) is 5.75 Å². The molecule has 1 aromatic rings. The molecule has 0 spiro atoms. The van der Waals surface area contributed by atoms with Gasteiger partial charge in [0.15, 0.2) is 17.4 Å². The highest BCUT2D eigenvalue weighted by Crippen LogP contribution is 2.27. The van der Waals surface area contributed by atoms with Crippen molar-refractivity contribution in [3.63, 3.8) is 0 Å². The van der Waals surface area contributed by atoms with Gasteiger partial charge in [-0.3, -0.25) is 4.79 Å². The minimum Gasteiger partial charge on any atom is -0.491 e. The van der Waals surface area contributed by atoms with E-state index in [9.17, 15) is 22.0 Å². The summed E-state index contributed by atoms with van der Waals surface area (Å²) in [6.07, 6.45) is 2.21. The first-order valence-corrected chi connectivity index (χ1v) is 9.74. The molecule has 1 aromatic carbocycles. The van der Waals surface area contributed by atoms with E-state index in [0.29, 0.717) is 25.7 Å². The highest BCUT2D eigenvalue weighted by molar-refractivity contribution is 7.89. The van der Waals surface area contributed by atoms with Gasteiger partial charge in [0.25, 0.3) is 0 Å². The number of halogens is 2. The van der Waals surface area contributed by atoms with Crippen molar-refractivity contribution in [3.05, 3.63) is 23.8 Å². The fourth-order valence-electron chi connectivity index (χ4n) is 2.93. The molecule has 0 bridgehead atoms. The van der Waals surface area contributed by atoms with Gasteiger partial charge < -0.3 is 10.1 Å². The third-order valence-electron chi connectivity index (χ3n) is 4.05. The Morgan fingerprint density at radius 2 is 1.96 bits per heavy atom. The molecule has 1 saturated heterocycles. The lowest BCUT2D eigenvalue weighted by molar-refractivity contribution is -0.120. The quantitative estimate of drug-likeness (QED) is 0.828. The predicted octanol–water partition coefficient (Wildman–Crippen LogP) is 2.51. The molecule has 1 aliphatic heterocycles. The molecule has 1 fully saturated rings. The molecular formula is C16H22F2N2O4S. The molecule has 0 radical (unpaired) electrons. The Morgan fingerprint density at radius 3 is 2.52 bits per heavy atom.